The molecule has 0 unspecified atom stereocenters. The Labute approximate surface area is 276 Å². The van der Waals surface area contributed by atoms with Gasteiger partial charge < -0.3 is 29.4 Å². The van der Waals surface area contributed by atoms with E-state index in [1.54, 1.807) is 36.4 Å². The number of ether oxygens (including phenoxy) is 1. The molecule has 0 spiro atoms. The Morgan fingerprint density at radius 3 is 2.40 bits per heavy atom. The van der Waals surface area contributed by atoms with E-state index in [1.165, 1.54) is 16.9 Å². The van der Waals surface area contributed by atoms with Crippen molar-refractivity contribution in [2.24, 2.45) is 11.7 Å². The number of carbonyl (C=O) groups excluding carboxylic acids is 2. The van der Waals surface area contributed by atoms with Crippen molar-refractivity contribution < 1.29 is 23.1 Å². The number of methoxy groups -OCH3 is 1. The number of para-hydroxylation sites is 1. The van der Waals surface area contributed by atoms with Gasteiger partial charge in [-0.3, -0.25) is 9.59 Å². The van der Waals surface area contributed by atoms with E-state index in [0.29, 0.717) is 39.7 Å². The molecule has 2 saturated heterocycles. The van der Waals surface area contributed by atoms with Crippen LogP contribution in [0.5, 0.6) is 5.75 Å². The van der Waals surface area contributed by atoms with E-state index in [2.05, 4.69) is 22.8 Å². The average molecular weight is 653 g/mol. The van der Waals surface area contributed by atoms with E-state index >= 15 is 4.39 Å². The van der Waals surface area contributed by atoms with Crippen LogP contribution in [-0.2, 0) is 13.1 Å². The Morgan fingerprint density at radius 1 is 0.938 bits per heavy atom. The van der Waals surface area contributed by atoms with E-state index in [1.807, 2.05) is 22.8 Å². The highest BCUT2D eigenvalue weighted by atomic mass is 19.1. The fraction of sp³-hybridized carbons (Fsp3) is 0.378. The van der Waals surface area contributed by atoms with Crippen LogP contribution in [0, 0.1) is 5.92 Å². The van der Waals surface area contributed by atoms with Crippen LogP contribution in [0.3, 0.4) is 0 Å². The molecule has 9 nitrogen and oxygen atoms in total. The lowest BCUT2D eigenvalue weighted by atomic mass is 9.94. The number of likely N-dealkylation sites (tertiary alicyclic amines) is 2. The quantitative estimate of drug-likeness (QED) is 0.240. The Bertz CT molecular complexity index is 2020. The molecule has 0 radical (unpaired) electrons. The van der Waals surface area contributed by atoms with E-state index in [9.17, 15) is 14.0 Å². The van der Waals surface area contributed by atoms with Gasteiger partial charge in [0.25, 0.3) is 11.8 Å². The molecule has 5 aromatic rings. The number of aromatic nitrogens is 3. The maximum Gasteiger partial charge on any atom is 0.254 e. The molecule has 3 fully saturated rings. The number of hydrogen-bond donors (Lipinski definition) is 1. The van der Waals surface area contributed by atoms with Gasteiger partial charge in [0.2, 0.25) is 0 Å². The number of nitrogens with two attached hydrogens (primary N) is 1. The maximum absolute atomic E-state index is 16.7. The molecule has 2 amide bonds. The van der Waals surface area contributed by atoms with Crippen molar-refractivity contribution in [1.82, 2.24) is 23.9 Å². The summed E-state index contributed by atoms with van der Waals surface area (Å²) in [4.78, 5) is 34.8. The molecule has 8 rings (SSSR count). The fourth-order valence-electron chi connectivity index (χ4n) is 7.36. The number of imidazole rings is 1. The van der Waals surface area contributed by atoms with Crippen LogP contribution in [0.15, 0.2) is 72.8 Å². The van der Waals surface area contributed by atoms with Gasteiger partial charge in [0.1, 0.15) is 17.4 Å². The molecule has 2 aliphatic heterocycles. The third-order valence-corrected chi connectivity index (χ3v) is 9.87. The van der Waals surface area contributed by atoms with Crippen LogP contribution in [0.25, 0.3) is 33.5 Å². The predicted molar refractivity (Wildman–Crippen MR) is 180 cm³/mol. The third-order valence-electron chi connectivity index (χ3n) is 9.87. The Hall–Kier alpha value is -4.77. The summed E-state index contributed by atoms with van der Waals surface area (Å²) >= 11 is 0. The van der Waals surface area contributed by atoms with Gasteiger partial charge in [-0.15, -0.1) is 0 Å². The molecular weight excluding hydrogens is 614 g/mol. The molecule has 1 saturated carbocycles. The number of piperidine rings is 1. The number of carbonyl (C=O) groups is 2. The number of nitrogens with zero attached hydrogens (tertiary/aromatic N) is 5. The van der Waals surface area contributed by atoms with Crippen molar-refractivity contribution in [3.63, 3.8) is 0 Å². The van der Waals surface area contributed by atoms with Gasteiger partial charge in [0.05, 0.1) is 44.5 Å². The summed E-state index contributed by atoms with van der Waals surface area (Å²) in [6.45, 7) is 0.829. The van der Waals surface area contributed by atoms with Crippen LogP contribution in [0.2, 0.25) is 0 Å². The second kappa shape index (κ2) is 11.7. The van der Waals surface area contributed by atoms with Gasteiger partial charge >= 0.3 is 0 Å². The molecule has 3 aromatic carbocycles. The van der Waals surface area contributed by atoms with E-state index < -0.39 is 17.9 Å². The van der Waals surface area contributed by atoms with Crippen LogP contribution in [0.4, 0.5) is 8.78 Å². The maximum atomic E-state index is 16.7. The summed E-state index contributed by atoms with van der Waals surface area (Å²) in [6.07, 6.45) is 1.33. The summed E-state index contributed by atoms with van der Waals surface area (Å²) in [5, 5.41) is 1.05. The van der Waals surface area contributed by atoms with Crippen LogP contribution >= 0.6 is 0 Å². The largest absolute Gasteiger partial charge is 0.494 e. The normalized spacial score (nSPS) is 20.7. The summed E-state index contributed by atoms with van der Waals surface area (Å²) in [7, 11) is 1.51. The number of fused-ring (bicyclic) bond motifs is 2. The summed E-state index contributed by atoms with van der Waals surface area (Å²) in [5.41, 5.74) is 8.08. The second-order valence-electron chi connectivity index (χ2n) is 13.7. The topological polar surface area (TPSA) is 98.6 Å². The van der Waals surface area contributed by atoms with Gasteiger partial charge in [0, 0.05) is 41.2 Å². The third kappa shape index (κ3) is 5.49. The van der Waals surface area contributed by atoms with Gasteiger partial charge in [-0.25, -0.2) is 13.8 Å². The monoisotopic (exact) mass is 652 g/mol. The fourth-order valence-corrected chi connectivity index (χ4v) is 7.36. The van der Waals surface area contributed by atoms with Crippen LogP contribution in [0.1, 0.15) is 40.0 Å². The van der Waals surface area contributed by atoms with Gasteiger partial charge in [-0.05, 0) is 61.6 Å². The molecule has 0 bridgehead atoms. The highest BCUT2D eigenvalue weighted by Gasteiger charge is 2.47. The minimum absolute atomic E-state index is 0.0313. The van der Waals surface area contributed by atoms with E-state index in [-0.39, 0.29) is 51.0 Å². The van der Waals surface area contributed by atoms with Crippen molar-refractivity contribution in [2.45, 2.75) is 50.2 Å². The lowest BCUT2D eigenvalue weighted by Gasteiger charge is -2.44. The van der Waals surface area contributed by atoms with E-state index in [4.69, 9.17) is 15.5 Å². The molecule has 4 heterocycles. The van der Waals surface area contributed by atoms with Crippen molar-refractivity contribution in [3.8, 4) is 17.3 Å². The number of rotatable bonds is 8. The zero-order chi connectivity index (χ0) is 33.2. The first-order valence-corrected chi connectivity index (χ1v) is 16.6. The molecule has 2 aromatic heterocycles. The number of halogens is 2. The van der Waals surface area contributed by atoms with Crippen molar-refractivity contribution in [1.29, 1.82) is 0 Å². The predicted octanol–water partition coefficient (Wildman–Crippen LogP) is 5.45. The Balaban J connectivity index is 1.23. The lowest BCUT2D eigenvalue weighted by molar-refractivity contribution is -0.0290. The van der Waals surface area contributed by atoms with Gasteiger partial charge in [0.15, 0.2) is 11.5 Å². The smallest absolute Gasteiger partial charge is 0.254 e. The first-order chi connectivity index (χ1) is 23.2. The number of benzene rings is 3. The zero-order valence-corrected chi connectivity index (χ0v) is 26.8. The van der Waals surface area contributed by atoms with Crippen molar-refractivity contribution in [2.75, 3.05) is 33.3 Å². The van der Waals surface area contributed by atoms with E-state index in [0.717, 1.165) is 36.0 Å². The minimum atomic E-state index is -1.72. The number of alkyl halides is 2. The van der Waals surface area contributed by atoms with Crippen LogP contribution < -0.4 is 10.5 Å². The van der Waals surface area contributed by atoms with Crippen molar-refractivity contribution >= 4 is 33.8 Å². The molecule has 2 N–H and O–H groups in total. The molecule has 3 aliphatic rings. The first-order valence-electron chi connectivity index (χ1n) is 16.6. The summed E-state index contributed by atoms with van der Waals surface area (Å²) in [5.74, 6) is 0.903. The lowest BCUT2D eigenvalue weighted by Crippen LogP contribution is -2.62. The molecule has 2 atom stereocenters. The molecular formula is C37H38F2N6O3. The molecule has 48 heavy (non-hydrogen) atoms. The standard InChI is InChI=1S/C37H38F2N6O3/c1-48-32-15-26(36(47)42-18-27(38)16-28(40)19-42)13-29-33(32)45(22-37(39)20-43(21-37)35(46)24-7-3-2-4-8-24)34(41-29)31-14-25-9-5-6-10-30(25)44(31)17-23-11-12-23/h2-10,13-15,23,27-28H,11-12,16-22,40H2,1H3/t27-,28-/m1/s1. The molecule has 248 valence electrons. The minimum Gasteiger partial charge on any atom is -0.494 e. The first kappa shape index (κ1) is 30.6. The zero-order valence-electron chi connectivity index (χ0n) is 26.8. The SMILES string of the molecule is COc1cc(C(=O)N2C[C@H](N)C[C@@H](F)C2)cc2nc(-c3cc4ccccc4n3CC3CC3)n(CC3(F)CN(C(=O)c4ccccc4)C3)c12. The molecule has 1 aliphatic carbocycles. The number of amides is 2. The highest BCUT2D eigenvalue weighted by molar-refractivity contribution is 6.00. The van der Waals surface area contributed by atoms with Gasteiger partial charge in [-0.1, -0.05) is 36.4 Å². The summed E-state index contributed by atoms with van der Waals surface area (Å²) in [6, 6.07) is 22.0. The highest BCUT2D eigenvalue weighted by Crippen LogP contribution is 2.40. The Kier molecular flexibility index (Phi) is 7.47. The Morgan fingerprint density at radius 2 is 1.67 bits per heavy atom. The average Bonchev–Trinajstić information content (AvgIpc) is 3.73. The van der Waals surface area contributed by atoms with Gasteiger partial charge in [-0.2, -0.15) is 0 Å². The van der Waals surface area contributed by atoms with Crippen molar-refractivity contribution in [3.05, 3.63) is 83.9 Å². The molecule has 11 heteroatoms. The second-order valence-corrected chi connectivity index (χ2v) is 13.7. The summed E-state index contributed by atoms with van der Waals surface area (Å²) < 4.78 is 41.1. The van der Waals surface area contributed by atoms with Crippen LogP contribution in [-0.4, -0.2) is 86.9 Å². The number of hydrogen-bond acceptors (Lipinski definition) is 5.